The van der Waals surface area contributed by atoms with Crippen LogP contribution in [0.5, 0.6) is 17.2 Å². The van der Waals surface area contributed by atoms with E-state index >= 15 is 0 Å². The third-order valence-electron chi connectivity index (χ3n) is 4.56. The number of hydrogen-bond acceptors (Lipinski definition) is 6. The van der Waals surface area contributed by atoms with Crippen LogP contribution in [0.1, 0.15) is 26.3 Å². The average molecular weight is 447 g/mol. The number of hydrogen-bond donors (Lipinski definition) is 2. The van der Waals surface area contributed by atoms with Crippen LogP contribution in [-0.2, 0) is 6.54 Å². The van der Waals surface area contributed by atoms with Crippen molar-refractivity contribution in [3.63, 3.8) is 0 Å². The molecule has 0 saturated carbocycles. The van der Waals surface area contributed by atoms with Crippen LogP contribution in [0.15, 0.2) is 40.9 Å². The Morgan fingerprint density at radius 2 is 2.04 bits per heavy atom. The van der Waals surface area contributed by atoms with Gasteiger partial charge in [-0.05, 0) is 24.3 Å². The predicted octanol–water partition coefficient (Wildman–Crippen LogP) is 3.15. The number of carbonyl (C=O) groups is 2. The normalized spacial score (nSPS) is 12.7. The van der Waals surface area contributed by atoms with Gasteiger partial charge in [0.15, 0.2) is 17.3 Å². The van der Waals surface area contributed by atoms with Gasteiger partial charge in [0.1, 0.15) is 0 Å². The first-order chi connectivity index (χ1) is 13.3. The van der Waals surface area contributed by atoms with E-state index < -0.39 is 5.78 Å². The molecule has 8 heteroatoms. The zero-order valence-electron chi connectivity index (χ0n) is 15.4. The summed E-state index contributed by atoms with van der Waals surface area (Å²) in [5, 5.41) is 10.1. The Morgan fingerprint density at radius 1 is 1.32 bits per heavy atom. The number of nitrogen functional groups attached to an aromatic ring is 1. The van der Waals surface area contributed by atoms with Gasteiger partial charge in [-0.1, -0.05) is 22.5 Å². The van der Waals surface area contributed by atoms with Crippen LogP contribution in [0, 0.1) is 0 Å². The molecule has 0 spiro atoms. The highest BCUT2D eigenvalue weighted by Gasteiger charge is 2.32. The summed E-state index contributed by atoms with van der Waals surface area (Å²) >= 11 is 3.43. The van der Waals surface area contributed by atoms with Crippen molar-refractivity contribution >= 4 is 33.3 Å². The maximum atomic E-state index is 12.8. The number of methoxy groups -OCH3 is 2. The number of benzene rings is 2. The van der Waals surface area contributed by atoms with E-state index in [1.165, 1.54) is 31.3 Å². The number of aromatic hydroxyl groups is 1. The van der Waals surface area contributed by atoms with Crippen molar-refractivity contribution in [2.75, 3.05) is 26.5 Å². The molecule has 0 atom stereocenters. The fraction of sp³-hybridized carbons (Fsp3) is 0.200. The van der Waals surface area contributed by atoms with E-state index in [0.29, 0.717) is 17.8 Å². The smallest absolute Gasteiger partial charge is 0.256 e. The number of Topliss-reactive ketones (excluding diaryl/α,β-unsaturated/α-hetero) is 1. The first-order valence-electron chi connectivity index (χ1n) is 8.32. The van der Waals surface area contributed by atoms with E-state index in [0.717, 1.165) is 10.0 Å². The molecule has 0 aromatic heterocycles. The number of amides is 1. The van der Waals surface area contributed by atoms with Crippen molar-refractivity contribution in [1.29, 1.82) is 0 Å². The molecule has 2 aromatic rings. The van der Waals surface area contributed by atoms with Gasteiger partial charge in [0.2, 0.25) is 5.75 Å². The number of halogens is 1. The minimum Gasteiger partial charge on any atom is -0.504 e. The summed E-state index contributed by atoms with van der Waals surface area (Å²) in [4.78, 5) is 27.0. The van der Waals surface area contributed by atoms with Crippen LogP contribution in [0.3, 0.4) is 0 Å². The van der Waals surface area contributed by atoms with Crippen LogP contribution in [0.2, 0.25) is 0 Å². The maximum Gasteiger partial charge on any atom is 0.256 e. The molecule has 1 aliphatic heterocycles. The summed E-state index contributed by atoms with van der Waals surface area (Å²) < 4.78 is 11.0. The third kappa shape index (κ3) is 3.31. The Bertz CT molecular complexity index is 1000. The number of ketones is 1. The highest BCUT2D eigenvalue weighted by molar-refractivity contribution is 9.10. The lowest BCUT2D eigenvalue weighted by atomic mass is 10.0. The first-order valence-corrected chi connectivity index (χ1v) is 9.11. The predicted molar refractivity (Wildman–Crippen MR) is 108 cm³/mol. The number of phenolic OH excluding ortho intramolecular Hbond substituents is 1. The monoisotopic (exact) mass is 446 g/mol. The van der Waals surface area contributed by atoms with E-state index in [1.807, 2.05) is 0 Å². The van der Waals surface area contributed by atoms with Gasteiger partial charge in [-0.3, -0.25) is 9.59 Å². The Balaban J connectivity index is 1.82. The van der Waals surface area contributed by atoms with Crippen LogP contribution < -0.4 is 15.2 Å². The summed E-state index contributed by atoms with van der Waals surface area (Å²) in [5.74, 6) is -0.528. The summed E-state index contributed by atoms with van der Waals surface area (Å²) in [5.41, 5.74) is 7.95. The number of fused-ring (bicyclic) bond motifs is 1. The molecule has 2 aromatic carbocycles. The Morgan fingerprint density at radius 3 is 2.64 bits per heavy atom. The Hall–Kier alpha value is -3.00. The SMILES string of the molecule is C=C(CN1Cc2c(Br)ccc(N)c2C1=O)C(=O)c1cc(O)c(OC)c(OC)c1. The second kappa shape index (κ2) is 7.55. The first kappa shape index (κ1) is 19.8. The van der Waals surface area contributed by atoms with Crippen LogP contribution >= 0.6 is 15.9 Å². The van der Waals surface area contributed by atoms with Crippen molar-refractivity contribution in [1.82, 2.24) is 4.90 Å². The van der Waals surface area contributed by atoms with Crippen molar-refractivity contribution in [3.05, 3.63) is 57.6 Å². The van der Waals surface area contributed by atoms with Gasteiger partial charge < -0.3 is 25.2 Å². The van der Waals surface area contributed by atoms with E-state index in [-0.39, 0.29) is 40.8 Å². The summed E-state index contributed by atoms with van der Waals surface area (Å²) in [6, 6.07) is 6.19. The Kier molecular flexibility index (Phi) is 5.33. The van der Waals surface area contributed by atoms with E-state index in [2.05, 4.69) is 22.5 Å². The molecule has 1 amide bonds. The van der Waals surface area contributed by atoms with Crippen LogP contribution in [-0.4, -0.2) is 42.5 Å². The molecular weight excluding hydrogens is 428 g/mol. The third-order valence-corrected chi connectivity index (χ3v) is 5.31. The Labute approximate surface area is 170 Å². The lowest BCUT2D eigenvalue weighted by Crippen LogP contribution is -2.28. The van der Waals surface area contributed by atoms with Gasteiger partial charge in [-0.25, -0.2) is 0 Å². The van der Waals surface area contributed by atoms with E-state index in [9.17, 15) is 14.7 Å². The second-order valence-corrected chi connectivity index (χ2v) is 7.17. The fourth-order valence-corrected chi connectivity index (χ4v) is 3.63. The van der Waals surface area contributed by atoms with Gasteiger partial charge >= 0.3 is 0 Å². The van der Waals surface area contributed by atoms with Crippen LogP contribution in [0.25, 0.3) is 0 Å². The lowest BCUT2D eigenvalue weighted by molar-refractivity contribution is 0.0789. The van der Waals surface area contributed by atoms with Crippen molar-refractivity contribution < 1.29 is 24.2 Å². The molecule has 7 nitrogen and oxygen atoms in total. The molecule has 0 bridgehead atoms. The van der Waals surface area contributed by atoms with E-state index in [4.69, 9.17) is 15.2 Å². The average Bonchev–Trinajstić information content (AvgIpc) is 3.00. The van der Waals surface area contributed by atoms with Gasteiger partial charge in [-0.15, -0.1) is 0 Å². The zero-order valence-corrected chi connectivity index (χ0v) is 17.0. The summed E-state index contributed by atoms with van der Waals surface area (Å²) in [7, 11) is 2.79. The number of anilines is 1. The molecule has 3 N–H and O–H groups in total. The fourth-order valence-electron chi connectivity index (χ4n) is 3.18. The quantitative estimate of drug-likeness (QED) is 0.401. The number of nitrogens with two attached hydrogens (primary N) is 1. The van der Waals surface area contributed by atoms with Crippen molar-refractivity contribution in [3.8, 4) is 17.2 Å². The molecule has 146 valence electrons. The molecule has 1 aliphatic rings. The number of carbonyl (C=O) groups excluding carboxylic acids is 2. The number of nitrogens with zero attached hydrogens (tertiary/aromatic N) is 1. The van der Waals surface area contributed by atoms with Crippen molar-refractivity contribution in [2.24, 2.45) is 0 Å². The molecule has 0 unspecified atom stereocenters. The highest BCUT2D eigenvalue weighted by atomic mass is 79.9. The van der Waals surface area contributed by atoms with Gasteiger partial charge in [0.05, 0.1) is 19.8 Å². The summed E-state index contributed by atoms with van der Waals surface area (Å²) in [6.45, 7) is 4.18. The standard InChI is InChI=1S/C20H19BrN2O5/c1-10(18(25)11-6-15(24)19(28-3)16(7-11)27-2)8-23-9-12-13(21)4-5-14(22)17(12)20(23)26/h4-7,24H,1,8-9,22H2,2-3H3. The lowest BCUT2D eigenvalue weighted by Gasteiger charge is -2.17. The number of ether oxygens (including phenoxy) is 2. The molecule has 0 aliphatic carbocycles. The number of rotatable bonds is 6. The minimum absolute atomic E-state index is 0.0351. The highest BCUT2D eigenvalue weighted by Crippen LogP contribution is 2.38. The van der Waals surface area contributed by atoms with Gasteiger partial charge in [0.25, 0.3) is 5.91 Å². The minimum atomic E-state index is -0.410. The van der Waals surface area contributed by atoms with Crippen LogP contribution in [0.4, 0.5) is 5.69 Å². The number of phenols is 1. The molecule has 1 heterocycles. The maximum absolute atomic E-state index is 12.8. The molecule has 3 rings (SSSR count). The topological polar surface area (TPSA) is 102 Å². The second-order valence-electron chi connectivity index (χ2n) is 6.31. The zero-order chi connectivity index (χ0) is 20.6. The van der Waals surface area contributed by atoms with Gasteiger partial charge in [-0.2, -0.15) is 0 Å². The summed E-state index contributed by atoms with van der Waals surface area (Å²) in [6.07, 6.45) is 0. The molecule has 0 radical (unpaired) electrons. The largest absolute Gasteiger partial charge is 0.504 e. The molecule has 0 fully saturated rings. The van der Waals surface area contributed by atoms with E-state index in [1.54, 1.807) is 12.1 Å². The van der Waals surface area contributed by atoms with Crippen molar-refractivity contribution in [2.45, 2.75) is 6.54 Å². The molecule has 28 heavy (non-hydrogen) atoms. The molecule has 0 saturated heterocycles. The van der Waals surface area contributed by atoms with Gasteiger partial charge in [0, 0.05) is 39.9 Å². The molecular formula is C20H19BrN2O5.